The standard InChI is InChI=1S/C24H26N2O3S/c1-25-16-17-26(24(18-25)21-10-6-3-7-11-21)30(27,28)23-14-12-22(13-15-23)29-19-20-8-4-2-5-9-20/h2-15,24H,16-19H2,1H3. The van der Waals surface area contributed by atoms with Gasteiger partial charge >= 0.3 is 0 Å². The minimum absolute atomic E-state index is 0.205. The second-order valence-corrected chi connectivity index (χ2v) is 9.44. The number of nitrogens with zero attached hydrogens (tertiary/aromatic N) is 2. The van der Waals surface area contributed by atoms with Crippen molar-refractivity contribution in [1.29, 1.82) is 0 Å². The Bertz CT molecular complexity index is 1050. The molecule has 0 spiro atoms. The highest BCUT2D eigenvalue weighted by Crippen LogP contribution is 2.31. The lowest BCUT2D eigenvalue weighted by Crippen LogP contribution is -2.49. The van der Waals surface area contributed by atoms with Crippen molar-refractivity contribution in [3.8, 4) is 5.75 Å². The number of benzene rings is 3. The zero-order valence-corrected chi connectivity index (χ0v) is 17.8. The molecule has 1 aliphatic rings. The average Bonchev–Trinajstić information content (AvgIpc) is 2.79. The Balaban J connectivity index is 1.53. The second-order valence-electron chi connectivity index (χ2n) is 7.55. The molecule has 3 aromatic rings. The molecule has 1 unspecified atom stereocenters. The van der Waals surface area contributed by atoms with Crippen molar-refractivity contribution in [2.24, 2.45) is 0 Å². The van der Waals surface area contributed by atoms with E-state index >= 15 is 0 Å². The molecule has 1 atom stereocenters. The van der Waals surface area contributed by atoms with Crippen LogP contribution in [-0.4, -0.2) is 44.3 Å². The van der Waals surface area contributed by atoms with Crippen LogP contribution in [0.3, 0.4) is 0 Å². The molecule has 30 heavy (non-hydrogen) atoms. The Kier molecular flexibility index (Phi) is 6.18. The van der Waals surface area contributed by atoms with Crippen molar-refractivity contribution >= 4 is 10.0 Å². The third-order valence-corrected chi connectivity index (χ3v) is 7.32. The summed E-state index contributed by atoms with van der Waals surface area (Å²) >= 11 is 0. The number of likely N-dealkylation sites (N-methyl/N-ethyl adjacent to an activating group) is 1. The monoisotopic (exact) mass is 422 g/mol. The molecule has 156 valence electrons. The molecule has 0 aromatic heterocycles. The molecule has 4 rings (SSSR count). The van der Waals surface area contributed by atoms with E-state index in [0.29, 0.717) is 36.9 Å². The van der Waals surface area contributed by atoms with Crippen LogP contribution in [0.1, 0.15) is 17.2 Å². The quantitative estimate of drug-likeness (QED) is 0.604. The van der Waals surface area contributed by atoms with Gasteiger partial charge in [-0.2, -0.15) is 4.31 Å². The predicted molar refractivity (Wildman–Crippen MR) is 118 cm³/mol. The van der Waals surface area contributed by atoms with Gasteiger partial charge in [0.25, 0.3) is 0 Å². The molecule has 0 radical (unpaired) electrons. The van der Waals surface area contributed by atoms with Crippen molar-refractivity contribution in [2.75, 3.05) is 26.7 Å². The summed E-state index contributed by atoms with van der Waals surface area (Å²) in [5, 5.41) is 0. The van der Waals surface area contributed by atoms with Crippen LogP contribution >= 0.6 is 0 Å². The molecule has 3 aromatic carbocycles. The fourth-order valence-corrected chi connectivity index (χ4v) is 5.32. The summed E-state index contributed by atoms with van der Waals surface area (Å²) in [6.07, 6.45) is 0. The average molecular weight is 423 g/mol. The van der Waals surface area contributed by atoms with E-state index in [1.165, 1.54) is 0 Å². The van der Waals surface area contributed by atoms with Crippen LogP contribution in [0.25, 0.3) is 0 Å². The van der Waals surface area contributed by atoms with Crippen LogP contribution in [0.5, 0.6) is 5.75 Å². The number of ether oxygens (including phenoxy) is 1. The minimum atomic E-state index is -3.62. The van der Waals surface area contributed by atoms with Gasteiger partial charge in [0.2, 0.25) is 10.0 Å². The largest absolute Gasteiger partial charge is 0.489 e. The Morgan fingerprint density at radius 3 is 2.17 bits per heavy atom. The van der Waals surface area contributed by atoms with Gasteiger partial charge in [-0.05, 0) is 42.4 Å². The summed E-state index contributed by atoms with van der Waals surface area (Å²) in [7, 11) is -1.59. The highest BCUT2D eigenvalue weighted by atomic mass is 32.2. The maximum Gasteiger partial charge on any atom is 0.243 e. The Labute approximate surface area is 178 Å². The maximum atomic E-state index is 13.4. The SMILES string of the molecule is CN1CCN(S(=O)(=O)c2ccc(OCc3ccccc3)cc2)C(c2ccccc2)C1. The summed E-state index contributed by atoms with van der Waals surface area (Å²) in [6.45, 7) is 2.29. The molecule has 0 saturated carbocycles. The van der Waals surface area contributed by atoms with Crippen LogP contribution in [0.2, 0.25) is 0 Å². The first-order valence-corrected chi connectivity index (χ1v) is 11.5. The fraction of sp³-hybridized carbons (Fsp3) is 0.250. The molecule has 0 amide bonds. The van der Waals surface area contributed by atoms with E-state index in [4.69, 9.17) is 4.74 Å². The Hall–Kier alpha value is -2.67. The summed E-state index contributed by atoms with van der Waals surface area (Å²) in [5.74, 6) is 0.649. The Morgan fingerprint density at radius 1 is 0.867 bits per heavy atom. The third kappa shape index (κ3) is 4.56. The molecule has 1 aliphatic heterocycles. The highest BCUT2D eigenvalue weighted by molar-refractivity contribution is 7.89. The topological polar surface area (TPSA) is 49.9 Å². The lowest BCUT2D eigenvalue weighted by Gasteiger charge is -2.39. The first-order valence-electron chi connectivity index (χ1n) is 10.1. The van der Waals surface area contributed by atoms with Crippen LogP contribution in [-0.2, 0) is 16.6 Å². The summed E-state index contributed by atoms with van der Waals surface area (Å²) in [5.41, 5.74) is 2.08. The molecule has 0 aliphatic carbocycles. The van der Waals surface area contributed by atoms with Gasteiger partial charge < -0.3 is 9.64 Å². The van der Waals surface area contributed by atoms with Crippen molar-refractivity contribution in [2.45, 2.75) is 17.5 Å². The fourth-order valence-electron chi connectivity index (χ4n) is 3.72. The van der Waals surface area contributed by atoms with Gasteiger partial charge in [-0.3, -0.25) is 0 Å². The molecule has 6 heteroatoms. The molecule has 1 fully saturated rings. The molecular weight excluding hydrogens is 396 g/mol. The second kappa shape index (κ2) is 9.00. The predicted octanol–water partition coefficient (Wildman–Crippen LogP) is 3.94. The van der Waals surface area contributed by atoms with Gasteiger partial charge in [0.05, 0.1) is 10.9 Å². The first-order chi connectivity index (χ1) is 14.5. The van der Waals surface area contributed by atoms with E-state index in [0.717, 1.165) is 11.1 Å². The van der Waals surface area contributed by atoms with Gasteiger partial charge in [0.15, 0.2) is 0 Å². The van der Waals surface area contributed by atoms with E-state index in [-0.39, 0.29) is 6.04 Å². The van der Waals surface area contributed by atoms with Crippen LogP contribution in [0, 0.1) is 0 Å². The molecule has 1 heterocycles. The number of sulfonamides is 1. The summed E-state index contributed by atoms with van der Waals surface area (Å²) in [4.78, 5) is 2.46. The van der Waals surface area contributed by atoms with E-state index in [2.05, 4.69) is 4.90 Å². The lowest BCUT2D eigenvalue weighted by atomic mass is 10.1. The van der Waals surface area contributed by atoms with Crippen molar-refractivity contribution in [1.82, 2.24) is 9.21 Å². The maximum absolute atomic E-state index is 13.4. The van der Waals surface area contributed by atoms with Crippen LogP contribution < -0.4 is 4.74 Å². The number of hydrogen-bond donors (Lipinski definition) is 0. The van der Waals surface area contributed by atoms with Crippen LogP contribution in [0.15, 0.2) is 89.8 Å². The summed E-state index contributed by atoms with van der Waals surface area (Å²) in [6, 6.07) is 26.2. The van der Waals surface area contributed by atoms with Crippen molar-refractivity contribution < 1.29 is 13.2 Å². The van der Waals surface area contributed by atoms with Gasteiger partial charge in [-0.15, -0.1) is 0 Å². The van der Waals surface area contributed by atoms with Gasteiger partial charge in [-0.25, -0.2) is 8.42 Å². The third-order valence-electron chi connectivity index (χ3n) is 5.40. The van der Waals surface area contributed by atoms with Gasteiger partial charge in [0.1, 0.15) is 12.4 Å². The van der Waals surface area contributed by atoms with Crippen molar-refractivity contribution in [3.63, 3.8) is 0 Å². The minimum Gasteiger partial charge on any atom is -0.489 e. The van der Waals surface area contributed by atoms with Crippen molar-refractivity contribution in [3.05, 3.63) is 96.1 Å². The number of hydrogen-bond acceptors (Lipinski definition) is 4. The number of rotatable bonds is 6. The van der Waals surface area contributed by atoms with E-state index in [9.17, 15) is 8.42 Å². The van der Waals surface area contributed by atoms with E-state index < -0.39 is 10.0 Å². The Morgan fingerprint density at radius 2 is 1.50 bits per heavy atom. The number of piperazine rings is 1. The summed E-state index contributed by atoms with van der Waals surface area (Å²) < 4.78 is 34.3. The molecule has 0 bridgehead atoms. The molecule has 1 saturated heterocycles. The first kappa shape index (κ1) is 20.6. The molecule has 5 nitrogen and oxygen atoms in total. The van der Waals surface area contributed by atoms with E-state index in [1.807, 2.05) is 67.7 Å². The van der Waals surface area contributed by atoms with Gasteiger partial charge in [0, 0.05) is 19.6 Å². The smallest absolute Gasteiger partial charge is 0.243 e. The van der Waals surface area contributed by atoms with E-state index in [1.54, 1.807) is 28.6 Å². The molecule has 0 N–H and O–H groups in total. The molecular formula is C24H26N2O3S. The van der Waals surface area contributed by atoms with Gasteiger partial charge in [-0.1, -0.05) is 60.7 Å². The lowest BCUT2D eigenvalue weighted by molar-refractivity contribution is 0.160. The highest BCUT2D eigenvalue weighted by Gasteiger charge is 2.36. The normalized spacial score (nSPS) is 18.2. The zero-order valence-electron chi connectivity index (χ0n) is 17.0. The zero-order chi connectivity index (χ0) is 21.0. The van der Waals surface area contributed by atoms with Crippen LogP contribution in [0.4, 0.5) is 0 Å².